The van der Waals surface area contributed by atoms with Crippen molar-refractivity contribution in [2.45, 2.75) is 13.3 Å². The highest BCUT2D eigenvalue weighted by atomic mass is 35.5. The number of amides is 1. The Bertz CT molecular complexity index is 1070. The van der Waals surface area contributed by atoms with E-state index in [0.717, 1.165) is 32.3 Å². The fourth-order valence-corrected chi connectivity index (χ4v) is 3.77. The van der Waals surface area contributed by atoms with Crippen LogP contribution in [0, 0.1) is 6.92 Å². The van der Waals surface area contributed by atoms with Gasteiger partial charge in [-0.1, -0.05) is 35.1 Å². The standard InChI is InChI=1S/C18H13ClN2O2S/c1-10-2-4-13-11(9-23-15(13)6-10)7-17(22)21-18-20-14-5-3-12(19)8-16(14)24-18/h2-6,8-9H,7H2,1H3,(H,20,21,22). The summed E-state index contributed by atoms with van der Waals surface area (Å²) < 4.78 is 6.48. The highest BCUT2D eigenvalue weighted by Crippen LogP contribution is 2.29. The minimum Gasteiger partial charge on any atom is -0.464 e. The average molecular weight is 357 g/mol. The van der Waals surface area contributed by atoms with E-state index in [1.165, 1.54) is 11.3 Å². The van der Waals surface area contributed by atoms with E-state index in [1.54, 1.807) is 12.3 Å². The highest BCUT2D eigenvalue weighted by Gasteiger charge is 2.13. The molecule has 2 heterocycles. The number of nitrogens with one attached hydrogen (secondary N) is 1. The van der Waals surface area contributed by atoms with Crippen molar-refractivity contribution in [3.8, 4) is 0 Å². The Morgan fingerprint density at radius 2 is 2.17 bits per heavy atom. The van der Waals surface area contributed by atoms with Crippen LogP contribution in [0.4, 0.5) is 5.13 Å². The maximum atomic E-state index is 12.3. The van der Waals surface area contributed by atoms with E-state index in [4.69, 9.17) is 16.0 Å². The number of furan rings is 1. The molecule has 0 saturated heterocycles. The first-order valence-corrected chi connectivity index (χ1v) is 8.60. The van der Waals surface area contributed by atoms with Crippen molar-refractivity contribution in [1.29, 1.82) is 0 Å². The molecule has 0 unspecified atom stereocenters. The van der Waals surface area contributed by atoms with E-state index in [1.807, 2.05) is 37.3 Å². The molecule has 1 amide bonds. The molecule has 0 saturated carbocycles. The fourth-order valence-electron chi connectivity index (χ4n) is 2.62. The Hall–Kier alpha value is -2.37. The molecule has 4 rings (SSSR count). The molecule has 4 aromatic rings. The predicted octanol–water partition coefficient (Wildman–Crippen LogP) is 5.19. The Morgan fingerprint density at radius 3 is 3.04 bits per heavy atom. The molecule has 0 spiro atoms. The molecule has 120 valence electrons. The number of carbonyl (C=O) groups excluding carboxylic acids is 1. The number of benzene rings is 2. The number of anilines is 1. The Kier molecular flexibility index (Phi) is 3.75. The van der Waals surface area contributed by atoms with Crippen LogP contribution in [-0.4, -0.2) is 10.9 Å². The molecule has 0 aliphatic rings. The first-order valence-electron chi connectivity index (χ1n) is 7.41. The molecule has 4 nitrogen and oxygen atoms in total. The van der Waals surface area contributed by atoms with Crippen LogP contribution in [0.3, 0.4) is 0 Å². The number of aryl methyl sites for hydroxylation is 1. The Labute approximate surface area is 147 Å². The lowest BCUT2D eigenvalue weighted by Crippen LogP contribution is -2.13. The largest absolute Gasteiger partial charge is 0.464 e. The monoisotopic (exact) mass is 356 g/mol. The van der Waals surface area contributed by atoms with E-state index in [-0.39, 0.29) is 12.3 Å². The zero-order chi connectivity index (χ0) is 16.7. The maximum absolute atomic E-state index is 12.3. The topological polar surface area (TPSA) is 55.1 Å². The first-order chi connectivity index (χ1) is 11.6. The summed E-state index contributed by atoms with van der Waals surface area (Å²) in [5, 5.41) is 5.04. The van der Waals surface area contributed by atoms with E-state index in [0.29, 0.717) is 10.2 Å². The molecule has 2 aromatic heterocycles. The van der Waals surface area contributed by atoms with Crippen molar-refractivity contribution in [3.05, 3.63) is 58.8 Å². The molecule has 0 bridgehead atoms. The number of hydrogen-bond donors (Lipinski definition) is 1. The van der Waals surface area contributed by atoms with E-state index in [9.17, 15) is 4.79 Å². The summed E-state index contributed by atoms with van der Waals surface area (Å²) in [6, 6.07) is 11.4. The molecule has 0 atom stereocenters. The van der Waals surface area contributed by atoms with Crippen LogP contribution in [0.15, 0.2) is 47.1 Å². The lowest BCUT2D eigenvalue weighted by molar-refractivity contribution is -0.115. The lowest BCUT2D eigenvalue weighted by Gasteiger charge is -2.00. The van der Waals surface area contributed by atoms with Crippen molar-refractivity contribution >= 4 is 55.2 Å². The number of hydrogen-bond acceptors (Lipinski definition) is 4. The van der Waals surface area contributed by atoms with E-state index >= 15 is 0 Å². The maximum Gasteiger partial charge on any atom is 0.230 e. The number of thiazole rings is 1. The number of nitrogens with zero attached hydrogens (tertiary/aromatic N) is 1. The van der Waals surface area contributed by atoms with Gasteiger partial charge < -0.3 is 9.73 Å². The normalized spacial score (nSPS) is 11.2. The molecule has 0 radical (unpaired) electrons. The third-order valence-corrected chi connectivity index (χ3v) is 4.93. The summed E-state index contributed by atoms with van der Waals surface area (Å²) >= 11 is 7.38. The Morgan fingerprint density at radius 1 is 1.29 bits per heavy atom. The van der Waals surface area contributed by atoms with Crippen LogP contribution in [-0.2, 0) is 11.2 Å². The van der Waals surface area contributed by atoms with Gasteiger partial charge in [-0.15, -0.1) is 0 Å². The van der Waals surface area contributed by atoms with Crippen LogP contribution in [0.25, 0.3) is 21.2 Å². The summed E-state index contributed by atoms with van der Waals surface area (Å²) in [5.74, 6) is -0.122. The van der Waals surface area contributed by atoms with Crippen molar-refractivity contribution in [2.24, 2.45) is 0 Å². The van der Waals surface area contributed by atoms with Crippen molar-refractivity contribution in [3.63, 3.8) is 0 Å². The number of halogens is 1. The third kappa shape index (κ3) is 2.88. The van der Waals surface area contributed by atoms with Gasteiger partial charge in [0.05, 0.1) is 22.9 Å². The van der Waals surface area contributed by atoms with Gasteiger partial charge in [-0.05, 0) is 36.8 Å². The minimum atomic E-state index is -0.122. The van der Waals surface area contributed by atoms with Crippen molar-refractivity contribution in [1.82, 2.24) is 4.98 Å². The van der Waals surface area contributed by atoms with Gasteiger partial charge in [-0.3, -0.25) is 4.79 Å². The highest BCUT2D eigenvalue weighted by molar-refractivity contribution is 7.22. The number of fused-ring (bicyclic) bond motifs is 2. The number of carbonyl (C=O) groups is 1. The second-order valence-corrected chi connectivity index (χ2v) is 7.08. The number of aromatic nitrogens is 1. The third-order valence-electron chi connectivity index (χ3n) is 3.76. The predicted molar refractivity (Wildman–Crippen MR) is 97.9 cm³/mol. The summed E-state index contributed by atoms with van der Waals surface area (Å²) in [7, 11) is 0. The summed E-state index contributed by atoms with van der Waals surface area (Å²) in [6.07, 6.45) is 1.88. The van der Waals surface area contributed by atoms with Gasteiger partial charge in [-0.2, -0.15) is 0 Å². The molecule has 1 N–H and O–H groups in total. The van der Waals surface area contributed by atoms with Crippen LogP contribution in [0.2, 0.25) is 5.02 Å². The van der Waals surface area contributed by atoms with Crippen LogP contribution < -0.4 is 5.32 Å². The molecule has 24 heavy (non-hydrogen) atoms. The van der Waals surface area contributed by atoms with Crippen molar-refractivity contribution < 1.29 is 9.21 Å². The van der Waals surface area contributed by atoms with Crippen LogP contribution >= 0.6 is 22.9 Å². The summed E-state index contributed by atoms with van der Waals surface area (Å²) in [5.41, 5.74) is 3.61. The van der Waals surface area contributed by atoms with Crippen molar-refractivity contribution in [2.75, 3.05) is 5.32 Å². The van der Waals surface area contributed by atoms with Gasteiger partial charge in [0.2, 0.25) is 5.91 Å². The Balaban J connectivity index is 1.54. The zero-order valence-electron chi connectivity index (χ0n) is 12.8. The molecule has 0 aliphatic carbocycles. The van der Waals surface area contributed by atoms with Gasteiger partial charge in [0, 0.05) is 16.0 Å². The van der Waals surface area contributed by atoms with E-state index in [2.05, 4.69) is 10.3 Å². The number of rotatable bonds is 3. The molecular formula is C18H13ClN2O2S. The molecular weight excluding hydrogens is 344 g/mol. The summed E-state index contributed by atoms with van der Waals surface area (Å²) in [4.78, 5) is 16.7. The van der Waals surface area contributed by atoms with E-state index < -0.39 is 0 Å². The van der Waals surface area contributed by atoms with Gasteiger partial charge in [0.25, 0.3) is 0 Å². The van der Waals surface area contributed by atoms with Gasteiger partial charge in [0.1, 0.15) is 5.58 Å². The van der Waals surface area contributed by atoms with Crippen LogP contribution in [0.5, 0.6) is 0 Å². The SMILES string of the molecule is Cc1ccc2c(CC(=O)Nc3nc4ccc(Cl)cc4s3)coc2c1. The fraction of sp³-hybridized carbons (Fsp3) is 0.111. The lowest BCUT2D eigenvalue weighted by atomic mass is 10.1. The van der Waals surface area contributed by atoms with Crippen LogP contribution in [0.1, 0.15) is 11.1 Å². The minimum absolute atomic E-state index is 0.122. The van der Waals surface area contributed by atoms with Gasteiger partial charge >= 0.3 is 0 Å². The zero-order valence-corrected chi connectivity index (χ0v) is 14.4. The molecule has 0 fully saturated rings. The first kappa shape index (κ1) is 15.2. The second kappa shape index (κ2) is 5.92. The molecule has 0 aliphatic heterocycles. The second-order valence-electron chi connectivity index (χ2n) is 5.62. The quantitative estimate of drug-likeness (QED) is 0.550. The van der Waals surface area contributed by atoms with Gasteiger partial charge in [-0.25, -0.2) is 4.98 Å². The molecule has 6 heteroatoms. The smallest absolute Gasteiger partial charge is 0.230 e. The van der Waals surface area contributed by atoms with Gasteiger partial charge in [0.15, 0.2) is 5.13 Å². The molecule has 2 aromatic carbocycles. The average Bonchev–Trinajstić information content (AvgIpc) is 3.10. The summed E-state index contributed by atoms with van der Waals surface area (Å²) in [6.45, 7) is 2.01.